The first-order valence-corrected chi connectivity index (χ1v) is 4.70. The number of H-pyrrole nitrogens is 1. The van der Waals surface area contributed by atoms with Crippen LogP contribution in [0.3, 0.4) is 0 Å². The number of nitrogens with one attached hydrogen (secondary N) is 1. The van der Waals surface area contributed by atoms with Crippen LogP contribution in [0.15, 0.2) is 18.6 Å². The number of rotatable bonds is 3. The standard InChI is InChI=1S/C10H10N4O2/c1-6-8(4-11-5-12-6)9-2-7(13-14-9)3-10(15)16/h2,4-5H,3H2,1H3,(H,13,14)(H,15,16). The molecule has 0 atom stereocenters. The summed E-state index contributed by atoms with van der Waals surface area (Å²) in [5, 5.41) is 15.3. The van der Waals surface area contributed by atoms with Crippen LogP contribution in [0, 0.1) is 6.92 Å². The third kappa shape index (κ3) is 2.05. The summed E-state index contributed by atoms with van der Waals surface area (Å²) in [6.07, 6.45) is 3.05. The van der Waals surface area contributed by atoms with Crippen molar-refractivity contribution in [2.24, 2.45) is 0 Å². The van der Waals surface area contributed by atoms with Gasteiger partial charge in [0.1, 0.15) is 6.33 Å². The third-order valence-corrected chi connectivity index (χ3v) is 2.16. The summed E-state index contributed by atoms with van der Waals surface area (Å²) < 4.78 is 0. The van der Waals surface area contributed by atoms with Gasteiger partial charge >= 0.3 is 5.97 Å². The quantitative estimate of drug-likeness (QED) is 0.795. The molecule has 6 heteroatoms. The van der Waals surface area contributed by atoms with Crippen molar-refractivity contribution in [3.05, 3.63) is 30.0 Å². The van der Waals surface area contributed by atoms with Crippen LogP contribution in [0.4, 0.5) is 0 Å². The van der Waals surface area contributed by atoms with Crippen LogP contribution in [-0.2, 0) is 11.2 Å². The average Bonchev–Trinajstić information content (AvgIpc) is 2.66. The van der Waals surface area contributed by atoms with Crippen LogP contribution in [-0.4, -0.2) is 31.2 Å². The second-order valence-corrected chi connectivity index (χ2v) is 3.37. The molecular weight excluding hydrogens is 208 g/mol. The van der Waals surface area contributed by atoms with Gasteiger partial charge in [0.2, 0.25) is 0 Å². The maximum Gasteiger partial charge on any atom is 0.309 e. The van der Waals surface area contributed by atoms with E-state index in [9.17, 15) is 4.79 Å². The number of carboxylic acid groups (broad SMARTS) is 1. The number of carbonyl (C=O) groups is 1. The van der Waals surface area contributed by atoms with Gasteiger partial charge < -0.3 is 5.11 Å². The van der Waals surface area contributed by atoms with E-state index >= 15 is 0 Å². The van der Waals surface area contributed by atoms with E-state index in [0.717, 1.165) is 11.3 Å². The number of aromatic amines is 1. The van der Waals surface area contributed by atoms with Gasteiger partial charge in [0.25, 0.3) is 0 Å². The van der Waals surface area contributed by atoms with E-state index in [2.05, 4.69) is 20.2 Å². The van der Waals surface area contributed by atoms with Crippen LogP contribution < -0.4 is 0 Å². The molecule has 0 fully saturated rings. The van der Waals surface area contributed by atoms with Gasteiger partial charge in [0.05, 0.1) is 17.8 Å². The largest absolute Gasteiger partial charge is 0.481 e. The van der Waals surface area contributed by atoms with Gasteiger partial charge in [-0.05, 0) is 13.0 Å². The maximum atomic E-state index is 10.5. The Labute approximate surface area is 91.4 Å². The molecule has 0 radical (unpaired) electrons. The van der Waals surface area contributed by atoms with Crippen LogP contribution in [0.1, 0.15) is 11.4 Å². The molecule has 2 heterocycles. The average molecular weight is 218 g/mol. The first-order valence-electron chi connectivity index (χ1n) is 4.70. The Morgan fingerprint density at radius 2 is 2.38 bits per heavy atom. The fraction of sp³-hybridized carbons (Fsp3) is 0.200. The highest BCUT2D eigenvalue weighted by Gasteiger charge is 2.09. The number of hydrogen-bond donors (Lipinski definition) is 2. The minimum atomic E-state index is -0.892. The van der Waals surface area contributed by atoms with Crippen molar-refractivity contribution in [2.45, 2.75) is 13.3 Å². The van der Waals surface area contributed by atoms with Gasteiger partial charge in [0, 0.05) is 17.5 Å². The fourth-order valence-corrected chi connectivity index (χ4v) is 1.40. The minimum absolute atomic E-state index is 0.0697. The molecule has 0 aliphatic heterocycles. The van der Waals surface area contributed by atoms with Gasteiger partial charge in [-0.3, -0.25) is 9.89 Å². The molecule has 2 rings (SSSR count). The summed E-state index contributed by atoms with van der Waals surface area (Å²) >= 11 is 0. The molecule has 82 valence electrons. The molecule has 2 aromatic heterocycles. The Hall–Kier alpha value is -2.24. The Kier molecular flexibility index (Phi) is 2.63. The van der Waals surface area contributed by atoms with Gasteiger partial charge in [-0.1, -0.05) is 0 Å². The van der Waals surface area contributed by atoms with Gasteiger partial charge in [-0.2, -0.15) is 5.10 Å². The number of nitrogens with zero attached hydrogens (tertiary/aromatic N) is 3. The predicted octanol–water partition coefficient (Wildman–Crippen LogP) is 0.802. The summed E-state index contributed by atoms with van der Waals surface area (Å²) in [5.74, 6) is -0.892. The number of aryl methyl sites for hydroxylation is 1. The molecule has 0 amide bonds. The normalized spacial score (nSPS) is 10.3. The second-order valence-electron chi connectivity index (χ2n) is 3.37. The van der Waals surface area contributed by atoms with E-state index < -0.39 is 5.97 Å². The van der Waals surface area contributed by atoms with Crippen molar-refractivity contribution < 1.29 is 9.90 Å². The Morgan fingerprint density at radius 3 is 3.06 bits per heavy atom. The number of carboxylic acids is 1. The summed E-state index contributed by atoms with van der Waals surface area (Å²) in [4.78, 5) is 18.5. The zero-order chi connectivity index (χ0) is 11.5. The molecule has 6 nitrogen and oxygen atoms in total. The van der Waals surface area contributed by atoms with Crippen molar-refractivity contribution in [3.63, 3.8) is 0 Å². The molecule has 2 aromatic rings. The Bertz CT molecular complexity index is 521. The van der Waals surface area contributed by atoms with E-state index in [4.69, 9.17) is 5.11 Å². The topological polar surface area (TPSA) is 91.8 Å². The number of hydrogen-bond acceptors (Lipinski definition) is 4. The Morgan fingerprint density at radius 1 is 1.56 bits per heavy atom. The third-order valence-electron chi connectivity index (χ3n) is 2.16. The molecule has 2 N–H and O–H groups in total. The van der Waals surface area contributed by atoms with E-state index in [-0.39, 0.29) is 6.42 Å². The summed E-state index contributed by atoms with van der Waals surface area (Å²) in [6, 6.07) is 1.69. The molecule has 0 aromatic carbocycles. The van der Waals surface area contributed by atoms with Crippen LogP contribution in [0.2, 0.25) is 0 Å². The first kappa shape index (κ1) is 10.3. The molecule has 0 aliphatic carbocycles. The number of aliphatic carboxylic acids is 1. The van der Waals surface area contributed by atoms with E-state index in [1.54, 1.807) is 12.3 Å². The predicted molar refractivity (Wildman–Crippen MR) is 55.7 cm³/mol. The van der Waals surface area contributed by atoms with Gasteiger partial charge in [-0.15, -0.1) is 0 Å². The van der Waals surface area contributed by atoms with Crippen LogP contribution in [0.5, 0.6) is 0 Å². The highest BCUT2D eigenvalue weighted by molar-refractivity contribution is 5.70. The van der Waals surface area contributed by atoms with Gasteiger partial charge in [0.15, 0.2) is 0 Å². The monoisotopic (exact) mass is 218 g/mol. The lowest BCUT2D eigenvalue weighted by Crippen LogP contribution is -1.99. The summed E-state index contributed by atoms with van der Waals surface area (Å²) in [7, 11) is 0. The van der Waals surface area contributed by atoms with Gasteiger partial charge in [-0.25, -0.2) is 9.97 Å². The number of aromatic nitrogens is 4. The van der Waals surface area contributed by atoms with Crippen molar-refractivity contribution >= 4 is 5.97 Å². The molecule has 0 spiro atoms. The smallest absolute Gasteiger partial charge is 0.309 e. The molecule has 0 saturated carbocycles. The Balaban J connectivity index is 2.32. The molecule has 0 saturated heterocycles. The SMILES string of the molecule is Cc1ncncc1-c1cc(CC(=O)O)[nH]n1. The summed E-state index contributed by atoms with van der Waals surface area (Å²) in [5.41, 5.74) is 2.83. The van der Waals surface area contributed by atoms with Crippen molar-refractivity contribution in [1.29, 1.82) is 0 Å². The lowest BCUT2D eigenvalue weighted by molar-refractivity contribution is -0.136. The van der Waals surface area contributed by atoms with Crippen LogP contribution >= 0.6 is 0 Å². The molecular formula is C10H10N4O2. The van der Waals surface area contributed by atoms with E-state index in [1.807, 2.05) is 6.92 Å². The highest BCUT2D eigenvalue weighted by atomic mass is 16.4. The first-order chi connectivity index (χ1) is 7.66. The second kappa shape index (κ2) is 4.09. The maximum absolute atomic E-state index is 10.5. The van der Waals surface area contributed by atoms with E-state index in [0.29, 0.717) is 11.4 Å². The lowest BCUT2D eigenvalue weighted by Gasteiger charge is -1.97. The minimum Gasteiger partial charge on any atom is -0.481 e. The zero-order valence-corrected chi connectivity index (χ0v) is 8.64. The lowest BCUT2D eigenvalue weighted by atomic mass is 10.1. The zero-order valence-electron chi connectivity index (χ0n) is 8.64. The van der Waals surface area contributed by atoms with Crippen molar-refractivity contribution in [2.75, 3.05) is 0 Å². The highest BCUT2D eigenvalue weighted by Crippen LogP contribution is 2.18. The molecule has 0 aliphatic rings. The van der Waals surface area contributed by atoms with Crippen molar-refractivity contribution in [3.8, 4) is 11.3 Å². The van der Waals surface area contributed by atoms with E-state index in [1.165, 1.54) is 6.33 Å². The molecule has 0 unspecified atom stereocenters. The van der Waals surface area contributed by atoms with Crippen LogP contribution in [0.25, 0.3) is 11.3 Å². The fourth-order valence-electron chi connectivity index (χ4n) is 1.40. The van der Waals surface area contributed by atoms with Crippen molar-refractivity contribution in [1.82, 2.24) is 20.2 Å². The molecule has 16 heavy (non-hydrogen) atoms. The summed E-state index contributed by atoms with van der Waals surface area (Å²) in [6.45, 7) is 1.85. The molecule has 0 bridgehead atoms.